The summed E-state index contributed by atoms with van der Waals surface area (Å²) in [6, 6.07) is 4.81. The van der Waals surface area contributed by atoms with Gasteiger partial charge >= 0.3 is 0 Å². The van der Waals surface area contributed by atoms with Gasteiger partial charge in [0.1, 0.15) is 11.5 Å². The van der Waals surface area contributed by atoms with E-state index in [9.17, 15) is 9.59 Å². The van der Waals surface area contributed by atoms with Gasteiger partial charge in [0.05, 0.1) is 12.7 Å². The summed E-state index contributed by atoms with van der Waals surface area (Å²) in [4.78, 5) is 22.6. The van der Waals surface area contributed by atoms with Crippen molar-refractivity contribution in [3.8, 4) is 11.5 Å². The van der Waals surface area contributed by atoms with E-state index < -0.39 is 6.10 Å². The lowest BCUT2D eigenvalue weighted by Crippen LogP contribution is -2.36. The van der Waals surface area contributed by atoms with Crippen LogP contribution in [0.1, 0.15) is 17.3 Å². The van der Waals surface area contributed by atoms with Crippen molar-refractivity contribution in [3.05, 3.63) is 36.4 Å². The topological polar surface area (TPSA) is 64.6 Å². The molecular weight excluding hydrogens is 246 g/mol. The van der Waals surface area contributed by atoms with Gasteiger partial charge in [-0.15, -0.1) is 6.58 Å². The SMILES string of the molecule is C=CCNC(=O)C(C)Oc1ccc(OC)cc1C=O. The molecule has 0 fully saturated rings. The molecule has 1 aromatic rings. The first-order valence-electron chi connectivity index (χ1n) is 5.80. The third kappa shape index (κ3) is 4.13. The summed E-state index contributed by atoms with van der Waals surface area (Å²) in [5, 5.41) is 2.62. The minimum absolute atomic E-state index is 0.271. The van der Waals surface area contributed by atoms with Gasteiger partial charge in [0, 0.05) is 6.54 Å². The van der Waals surface area contributed by atoms with Crippen LogP contribution in [-0.4, -0.2) is 32.0 Å². The molecule has 0 aliphatic carbocycles. The Balaban J connectivity index is 2.78. The average Bonchev–Trinajstić information content (AvgIpc) is 2.44. The standard InChI is InChI=1S/C14H17NO4/c1-4-7-15-14(17)10(2)19-13-6-5-12(18-3)8-11(13)9-16/h4-6,8-10H,1,7H2,2-3H3,(H,15,17). The molecule has 0 aliphatic heterocycles. The fourth-order valence-electron chi connectivity index (χ4n) is 1.41. The fourth-order valence-corrected chi connectivity index (χ4v) is 1.41. The van der Waals surface area contributed by atoms with Gasteiger partial charge in [-0.05, 0) is 25.1 Å². The molecule has 5 heteroatoms. The van der Waals surface area contributed by atoms with Gasteiger partial charge in [-0.2, -0.15) is 0 Å². The molecule has 1 rings (SSSR count). The number of carbonyl (C=O) groups excluding carboxylic acids is 2. The number of hydrogen-bond donors (Lipinski definition) is 1. The van der Waals surface area contributed by atoms with Crippen molar-refractivity contribution in [2.45, 2.75) is 13.0 Å². The highest BCUT2D eigenvalue weighted by Crippen LogP contribution is 2.23. The van der Waals surface area contributed by atoms with Gasteiger partial charge in [-0.1, -0.05) is 6.08 Å². The van der Waals surface area contributed by atoms with E-state index in [0.29, 0.717) is 29.9 Å². The largest absolute Gasteiger partial charge is 0.497 e. The first-order valence-corrected chi connectivity index (χ1v) is 5.80. The number of benzene rings is 1. The van der Waals surface area contributed by atoms with Crippen molar-refractivity contribution >= 4 is 12.2 Å². The Hall–Kier alpha value is -2.30. The third-order valence-corrected chi connectivity index (χ3v) is 2.44. The monoisotopic (exact) mass is 263 g/mol. The van der Waals surface area contributed by atoms with Gasteiger partial charge in [-0.3, -0.25) is 9.59 Å². The molecular formula is C14H17NO4. The molecule has 1 unspecified atom stereocenters. The Kier molecular flexibility index (Phi) is 5.60. The third-order valence-electron chi connectivity index (χ3n) is 2.44. The van der Waals surface area contributed by atoms with E-state index in [1.54, 1.807) is 31.2 Å². The predicted molar refractivity (Wildman–Crippen MR) is 71.7 cm³/mol. The molecule has 1 N–H and O–H groups in total. The second kappa shape index (κ2) is 7.20. The lowest BCUT2D eigenvalue weighted by atomic mass is 10.2. The summed E-state index contributed by atoms with van der Waals surface area (Å²) in [5.41, 5.74) is 0.336. The molecule has 0 radical (unpaired) electrons. The number of carbonyl (C=O) groups is 2. The molecule has 1 atom stereocenters. The summed E-state index contributed by atoms with van der Waals surface area (Å²) < 4.78 is 10.5. The van der Waals surface area contributed by atoms with E-state index in [4.69, 9.17) is 9.47 Å². The Morgan fingerprint density at radius 1 is 1.53 bits per heavy atom. The van der Waals surface area contributed by atoms with Crippen LogP contribution in [0.5, 0.6) is 11.5 Å². The predicted octanol–water partition coefficient (Wildman–Crippen LogP) is 1.58. The summed E-state index contributed by atoms with van der Waals surface area (Å²) in [6.07, 6.45) is 1.54. The second-order valence-corrected chi connectivity index (χ2v) is 3.82. The van der Waals surface area contributed by atoms with Crippen molar-refractivity contribution in [3.63, 3.8) is 0 Å². The Labute approximate surface area is 112 Å². The van der Waals surface area contributed by atoms with Gasteiger partial charge in [0.15, 0.2) is 12.4 Å². The minimum atomic E-state index is -0.702. The molecule has 0 aliphatic rings. The maximum absolute atomic E-state index is 11.6. The van der Waals surface area contributed by atoms with Crippen LogP contribution in [0, 0.1) is 0 Å². The number of hydrogen-bond acceptors (Lipinski definition) is 4. The molecule has 0 saturated heterocycles. The highest BCUT2D eigenvalue weighted by atomic mass is 16.5. The number of rotatable bonds is 7. The zero-order valence-electron chi connectivity index (χ0n) is 11.0. The lowest BCUT2D eigenvalue weighted by Gasteiger charge is -2.15. The van der Waals surface area contributed by atoms with Gasteiger partial charge < -0.3 is 14.8 Å². The molecule has 1 amide bonds. The van der Waals surface area contributed by atoms with Crippen LogP contribution in [0.3, 0.4) is 0 Å². The van der Waals surface area contributed by atoms with E-state index in [1.165, 1.54) is 7.11 Å². The summed E-state index contributed by atoms with van der Waals surface area (Å²) in [7, 11) is 1.51. The molecule has 0 spiro atoms. The molecule has 102 valence electrons. The van der Waals surface area contributed by atoms with Crippen LogP contribution in [0.2, 0.25) is 0 Å². The first-order chi connectivity index (χ1) is 9.12. The normalized spacial score (nSPS) is 11.3. The lowest BCUT2D eigenvalue weighted by molar-refractivity contribution is -0.127. The molecule has 0 heterocycles. The highest BCUT2D eigenvalue weighted by Gasteiger charge is 2.15. The number of aldehydes is 1. The van der Waals surface area contributed by atoms with Crippen LogP contribution in [0.4, 0.5) is 0 Å². The molecule has 1 aromatic carbocycles. The molecule has 5 nitrogen and oxygen atoms in total. The van der Waals surface area contributed by atoms with E-state index in [1.807, 2.05) is 0 Å². The Morgan fingerprint density at radius 3 is 2.84 bits per heavy atom. The Morgan fingerprint density at radius 2 is 2.26 bits per heavy atom. The zero-order chi connectivity index (χ0) is 14.3. The van der Waals surface area contributed by atoms with Crippen LogP contribution in [0.25, 0.3) is 0 Å². The highest BCUT2D eigenvalue weighted by molar-refractivity contribution is 5.83. The fraction of sp³-hybridized carbons (Fsp3) is 0.286. The van der Waals surface area contributed by atoms with Crippen molar-refractivity contribution in [2.24, 2.45) is 0 Å². The minimum Gasteiger partial charge on any atom is -0.497 e. The Bertz CT molecular complexity index is 471. The van der Waals surface area contributed by atoms with Crippen LogP contribution < -0.4 is 14.8 Å². The van der Waals surface area contributed by atoms with Crippen molar-refractivity contribution < 1.29 is 19.1 Å². The summed E-state index contributed by atoms with van der Waals surface area (Å²) in [5.74, 6) is 0.628. The van der Waals surface area contributed by atoms with Crippen molar-refractivity contribution in [1.29, 1.82) is 0 Å². The number of amides is 1. The van der Waals surface area contributed by atoms with Crippen LogP contribution in [-0.2, 0) is 4.79 Å². The van der Waals surface area contributed by atoms with Gasteiger partial charge in [-0.25, -0.2) is 0 Å². The molecule has 0 saturated carbocycles. The van der Waals surface area contributed by atoms with Crippen molar-refractivity contribution in [2.75, 3.05) is 13.7 Å². The average molecular weight is 263 g/mol. The number of methoxy groups -OCH3 is 1. The number of nitrogens with one attached hydrogen (secondary N) is 1. The number of ether oxygens (including phenoxy) is 2. The van der Waals surface area contributed by atoms with E-state index in [2.05, 4.69) is 11.9 Å². The maximum atomic E-state index is 11.6. The van der Waals surface area contributed by atoms with Gasteiger partial charge in [0.2, 0.25) is 0 Å². The van der Waals surface area contributed by atoms with E-state index in [-0.39, 0.29) is 5.91 Å². The smallest absolute Gasteiger partial charge is 0.261 e. The van der Waals surface area contributed by atoms with Crippen molar-refractivity contribution in [1.82, 2.24) is 5.32 Å². The maximum Gasteiger partial charge on any atom is 0.261 e. The van der Waals surface area contributed by atoms with Crippen LogP contribution >= 0.6 is 0 Å². The summed E-state index contributed by atoms with van der Waals surface area (Å²) >= 11 is 0. The first kappa shape index (κ1) is 14.8. The van der Waals surface area contributed by atoms with Gasteiger partial charge in [0.25, 0.3) is 5.91 Å². The summed E-state index contributed by atoms with van der Waals surface area (Å²) in [6.45, 7) is 5.49. The molecule has 0 bridgehead atoms. The van der Waals surface area contributed by atoms with Crippen LogP contribution in [0.15, 0.2) is 30.9 Å². The van der Waals surface area contributed by atoms with E-state index >= 15 is 0 Å². The second-order valence-electron chi connectivity index (χ2n) is 3.82. The quantitative estimate of drug-likeness (QED) is 0.599. The zero-order valence-corrected chi connectivity index (χ0v) is 11.0. The molecule has 0 aromatic heterocycles. The van der Waals surface area contributed by atoms with E-state index in [0.717, 1.165) is 0 Å². The molecule has 19 heavy (non-hydrogen) atoms.